The molecular formula is C10H7ClN2S. The van der Waals surface area contributed by atoms with Crippen LogP contribution in [0, 0.1) is 0 Å². The summed E-state index contributed by atoms with van der Waals surface area (Å²) in [4.78, 5) is 0. The average Bonchev–Trinajstić information content (AvgIpc) is 2.54. The molecular weight excluding hydrogens is 216 g/mol. The Hall–Kier alpha value is -0.930. The van der Waals surface area contributed by atoms with Gasteiger partial charge in [0.1, 0.15) is 5.01 Å². The molecule has 0 radical (unpaired) electrons. The Morgan fingerprint density at radius 2 is 2.14 bits per heavy atom. The summed E-state index contributed by atoms with van der Waals surface area (Å²) >= 11 is 7.24. The van der Waals surface area contributed by atoms with Crippen LogP contribution < -0.4 is 0 Å². The van der Waals surface area contributed by atoms with E-state index < -0.39 is 0 Å². The minimum atomic E-state index is 0.427. The molecule has 0 bridgehead atoms. The number of rotatable bonds is 1. The number of halogens is 1. The second-order valence-electron chi connectivity index (χ2n) is 3.35. The SMILES string of the molecule is Clc1nnc(C2Cc3ccccc32)s1. The van der Waals surface area contributed by atoms with Crippen LogP contribution >= 0.6 is 22.9 Å². The lowest BCUT2D eigenvalue weighted by molar-refractivity contribution is 0.692. The predicted octanol–water partition coefficient (Wildman–Crippen LogP) is 2.88. The lowest BCUT2D eigenvalue weighted by Gasteiger charge is -2.27. The molecule has 1 heterocycles. The van der Waals surface area contributed by atoms with E-state index in [1.165, 1.54) is 22.5 Å². The fourth-order valence-corrected chi connectivity index (χ4v) is 2.80. The van der Waals surface area contributed by atoms with Gasteiger partial charge in [-0.1, -0.05) is 35.6 Å². The van der Waals surface area contributed by atoms with Gasteiger partial charge in [0.2, 0.25) is 4.47 Å². The van der Waals surface area contributed by atoms with Crippen molar-refractivity contribution in [2.45, 2.75) is 12.3 Å². The first-order valence-electron chi connectivity index (χ1n) is 4.41. The summed E-state index contributed by atoms with van der Waals surface area (Å²) in [7, 11) is 0. The number of fused-ring (bicyclic) bond motifs is 1. The van der Waals surface area contributed by atoms with Crippen molar-refractivity contribution < 1.29 is 0 Å². The maximum atomic E-state index is 5.76. The normalized spacial score (nSPS) is 18.8. The van der Waals surface area contributed by atoms with Gasteiger partial charge in [-0.05, 0) is 29.1 Å². The fourth-order valence-electron chi connectivity index (χ4n) is 1.84. The van der Waals surface area contributed by atoms with E-state index in [0.29, 0.717) is 10.4 Å². The summed E-state index contributed by atoms with van der Waals surface area (Å²) in [5.74, 6) is 0.427. The Labute approximate surface area is 90.6 Å². The van der Waals surface area contributed by atoms with E-state index in [9.17, 15) is 0 Å². The lowest BCUT2D eigenvalue weighted by atomic mass is 9.78. The zero-order valence-corrected chi connectivity index (χ0v) is 8.85. The Balaban J connectivity index is 1.99. The van der Waals surface area contributed by atoms with Crippen LogP contribution in [0.1, 0.15) is 22.1 Å². The highest BCUT2D eigenvalue weighted by molar-refractivity contribution is 7.15. The number of benzene rings is 1. The summed E-state index contributed by atoms with van der Waals surface area (Å²) in [6.45, 7) is 0. The molecule has 0 spiro atoms. The van der Waals surface area contributed by atoms with Crippen LogP contribution in [0.5, 0.6) is 0 Å². The molecule has 1 aliphatic rings. The van der Waals surface area contributed by atoms with Gasteiger partial charge in [0.05, 0.1) is 0 Å². The zero-order valence-electron chi connectivity index (χ0n) is 7.27. The molecule has 1 aliphatic carbocycles. The highest BCUT2D eigenvalue weighted by Crippen LogP contribution is 2.41. The average molecular weight is 223 g/mol. The van der Waals surface area contributed by atoms with Crippen LogP contribution in [0.3, 0.4) is 0 Å². The number of hydrogen-bond acceptors (Lipinski definition) is 3. The van der Waals surface area contributed by atoms with Crippen molar-refractivity contribution in [3.63, 3.8) is 0 Å². The fraction of sp³-hybridized carbons (Fsp3) is 0.200. The highest BCUT2D eigenvalue weighted by Gasteiger charge is 2.29. The number of nitrogens with zero attached hydrogens (tertiary/aromatic N) is 2. The largest absolute Gasteiger partial charge is 0.207 e. The third-order valence-corrected chi connectivity index (χ3v) is 3.70. The summed E-state index contributed by atoms with van der Waals surface area (Å²) in [5.41, 5.74) is 2.80. The Morgan fingerprint density at radius 1 is 1.29 bits per heavy atom. The quantitative estimate of drug-likeness (QED) is 0.742. The van der Waals surface area contributed by atoms with E-state index in [-0.39, 0.29) is 0 Å². The van der Waals surface area contributed by atoms with Crippen LogP contribution in [0.15, 0.2) is 24.3 Å². The lowest BCUT2D eigenvalue weighted by Crippen LogP contribution is -2.17. The third-order valence-electron chi connectivity index (χ3n) is 2.57. The standard InChI is InChI=1S/C10H7ClN2S/c11-10-13-12-9(14-10)8-5-6-3-1-2-4-7(6)8/h1-4,8H,5H2. The van der Waals surface area contributed by atoms with E-state index in [1.54, 1.807) is 0 Å². The van der Waals surface area contributed by atoms with E-state index in [4.69, 9.17) is 11.6 Å². The highest BCUT2D eigenvalue weighted by atomic mass is 35.5. The van der Waals surface area contributed by atoms with Crippen molar-refractivity contribution >= 4 is 22.9 Å². The van der Waals surface area contributed by atoms with Crippen molar-refractivity contribution in [3.05, 3.63) is 44.9 Å². The van der Waals surface area contributed by atoms with Crippen LogP contribution in [0.25, 0.3) is 0 Å². The van der Waals surface area contributed by atoms with Crippen LogP contribution in [0.2, 0.25) is 4.47 Å². The third kappa shape index (κ3) is 1.16. The van der Waals surface area contributed by atoms with E-state index in [0.717, 1.165) is 11.4 Å². The summed E-state index contributed by atoms with van der Waals surface area (Å²) in [6, 6.07) is 8.45. The minimum Gasteiger partial charge on any atom is -0.142 e. The van der Waals surface area contributed by atoms with Crippen LogP contribution in [-0.4, -0.2) is 10.2 Å². The van der Waals surface area contributed by atoms with Crippen LogP contribution in [0.4, 0.5) is 0 Å². The molecule has 0 amide bonds. The molecule has 70 valence electrons. The second kappa shape index (κ2) is 3.04. The first-order valence-corrected chi connectivity index (χ1v) is 5.61. The predicted molar refractivity (Wildman–Crippen MR) is 56.9 cm³/mol. The Kier molecular flexibility index (Phi) is 1.82. The van der Waals surface area contributed by atoms with Crippen molar-refractivity contribution in [1.82, 2.24) is 10.2 Å². The topological polar surface area (TPSA) is 25.8 Å². The van der Waals surface area contributed by atoms with E-state index in [2.05, 4.69) is 34.5 Å². The molecule has 0 aliphatic heterocycles. The molecule has 1 unspecified atom stereocenters. The van der Waals surface area contributed by atoms with Gasteiger partial charge in [0, 0.05) is 5.92 Å². The molecule has 2 aromatic rings. The molecule has 0 saturated carbocycles. The summed E-state index contributed by atoms with van der Waals surface area (Å²) in [5, 5.41) is 8.94. The summed E-state index contributed by atoms with van der Waals surface area (Å²) in [6.07, 6.45) is 1.07. The Bertz CT molecular complexity index is 480. The molecule has 3 rings (SSSR count). The maximum absolute atomic E-state index is 5.76. The second-order valence-corrected chi connectivity index (χ2v) is 4.94. The molecule has 4 heteroatoms. The van der Waals surface area contributed by atoms with Crippen molar-refractivity contribution in [2.24, 2.45) is 0 Å². The number of aromatic nitrogens is 2. The summed E-state index contributed by atoms with van der Waals surface area (Å²) < 4.78 is 0.532. The Morgan fingerprint density at radius 3 is 2.86 bits per heavy atom. The van der Waals surface area contributed by atoms with Gasteiger partial charge in [-0.15, -0.1) is 10.2 Å². The number of hydrogen-bond donors (Lipinski definition) is 0. The molecule has 1 aromatic heterocycles. The van der Waals surface area contributed by atoms with Gasteiger partial charge in [-0.3, -0.25) is 0 Å². The van der Waals surface area contributed by atoms with Gasteiger partial charge < -0.3 is 0 Å². The smallest absolute Gasteiger partial charge is 0.142 e. The molecule has 0 N–H and O–H groups in total. The van der Waals surface area contributed by atoms with Gasteiger partial charge in [0.25, 0.3) is 0 Å². The van der Waals surface area contributed by atoms with Gasteiger partial charge in [-0.2, -0.15) is 0 Å². The maximum Gasteiger partial charge on any atom is 0.207 e. The van der Waals surface area contributed by atoms with Crippen molar-refractivity contribution in [1.29, 1.82) is 0 Å². The van der Waals surface area contributed by atoms with Gasteiger partial charge >= 0.3 is 0 Å². The van der Waals surface area contributed by atoms with E-state index in [1.807, 2.05) is 0 Å². The van der Waals surface area contributed by atoms with E-state index >= 15 is 0 Å². The zero-order chi connectivity index (χ0) is 9.54. The molecule has 0 fully saturated rings. The van der Waals surface area contributed by atoms with Crippen molar-refractivity contribution in [2.75, 3.05) is 0 Å². The molecule has 14 heavy (non-hydrogen) atoms. The molecule has 1 atom stereocenters. The molecule has 0 saturated heterocycles. The molecule has 2 nitrogen and oxygen atoms in total. The monoisotopic (exact) mass is 222 g/mol. The first kappa shape index (κ1) is 8.38. The van der Waals surface area contributed by atoms with Crippen molar-refractivity contribution in [3.8, 4) is 0 Å². The minimum absolute atomic E-state index is 0.427. The first-order chi connectivity index (χ1) is 6.84. The van der Waals surface area contributed by atoms with Gasteiger partial charge in [-0.25, -0.2) is 0 Å². The van der Waals surface area contributed by atoms with Gasteiger partial charge in [0.15, 0.2) is 0 Å². The molecule has 1 aromatic carbocycles. The van der Waals surface area contributed by atoms with Crippen LogP contribution in [-0.2, 0) is 6.42 Å².